The number of rotatable bonds is 7. The van der Waals surface area contributed by atoms with Crippen molar-refractivity contribution in [2.75, 3.05) is 20.8 Å². The summed E-state index contributed by atoms with van der Waals surface area (Å²) in [5.74, 6) is 1.14. The van der Waals surface area contributed by atoms with Crippen molar-refractivity contribution in [1.82, 2.24) is 5.06 Å². The third-order valence-electron chi connectivity index (χ3n) is 5.42. The van der Waals surface area contributed by atoms with Gasteiger partial charge in [0.25, 0.3) is 0 Å². The normalized spacial score (nSPS) is 19.3. The number of hydroxylamine groups is 2. The summed E-state index contributed by atoms with van der Waals surface area (Å²) in [7, 11) is -0.265. The lowest BCUT2D eigenvalue weighted by Crippen LogP contribution is -2.31. The van der Waals surface area contributed by atoms with E-state index in [0.29, 0.717) is 23.0 Å². The molecule has 6 nitrogen and oxygen atoms in total. The molecule has 2 atom stereocenters. The first-order valence-corrected chi connectivity index (χ1v) is 11.5. The Bertz CT molecular complexity index is 1120. The number of hydrogen-bond acceptors (Lipinski definition) is 6. The van der Waals surface area contributed by atoms with Gasteiger partial charge < -0.3 is 9.47 Å². The van der Waals surface area contributed by atoms with Crippen molar-refractivity contribution < 1.29 is 22.7 Å². The second kappa shape index (κ2) is 9.09. The number of nitrogens with zero attached hydrogens (tertiary/aromatic N) is 1. The van der Waals surface area contributed by atoms with Crippen molar-refractivity contribution in [1.29, 1.82) is 0 Å². The lowest BCUT2D eigenvalue weighted by atomic mass is 10.0. The molecule has 1 aliphatic rings. The Morgan fingerprint density at radius 1 is 0.968 bits per heavy atom. The zero-order chi connectivity index (χ0) is 21.8. The van der Waals surface area contributed by atoms with Gasteiger partial charge in [-0.2, -0.15) is 5.06 Å². The molecule has 0 aliphatic carbocycles. The van der Waals surface area contributed by atoms with Gasteiger partial charge in [-0.1, -0.05) is 54.6 Å². The van der Waals surface area contributed by atoms with Gasteiger partial charge in [-0.05, 0) is 35.4 Å². The summed E-state index contributed by atoms with van der Waals surface area (Å²) in [4.78, 5) is 5.92. The first-order valence-electron chi connectivity index (χ1n) is 10.00. The van der Waals surface area contributed by atoms with E-state index < -0.39 is 21.1 Å². The van der Waals surface area contributed by atoms with Gasteiger partial charge in [0.2, 0.25) is 0 Å². The number of methoxy groups -OCH3 is 1. The molecule has 162 valence electrons. The second-order valence-electron chi connectivity index (χ2n) is 7.37. The fraction of sp³-hybridized carbons (Fsp3) is 0.250. The molecule has 0 saturated carbocycles. The van der Waals surface area contributed by atoms with E-state index >= 15 is 0 Å². The first-order chi connectivity index (χ1) is 15.0. The van der Waals surface area contributed by atoms with Crippen LogP contribution < -0.4 is 9.47 Å². The average molecular weight is 440 g/mol. The zero-order valence-corrected chi connectivity index (χ0v) is 18.3. The molecule has 0 N–H and O–H groups in total. The Kier molecular flexibility index (Phi) is 6.27. The zero-order valence-electron chi connectivity index (χ0n) is 17.5. The summed E-state index contributed by atoms with van der Waals surface area (Å²) in [6.45, 7) is 0.501. The van der Waals surface area contributed by atoms with Crippen LogP contribution in [-0.2, 0) is 21.3 Å². The van der Waals surface area contributed by atoms with Crippen molar-refractivity contribution in [2.45, 2.75) is 22.8 Å². The van der Waals surface area contributed by atoms with Crippen LogP contribution in [0, 0.1) is 0 Å². The van der Waals surface area contributed by atoms with Crippen molar-refractivity contribution in [2.24, 2.45) is 0 Å². The van der Waals surface area contributed by atoms with Crippen molar-refractivity contribution >= 4 is 9.84 Å². The second-order valence-corrected chi connectivity index (χ2v) is 9.53. The molecule has 1 heterocycles. The number of hydrogen-bond donors (Lipinski definition) is 0. The minimum Gasteiger partial charge on any atom is -0.493 e. The first kappa shape index (κ1) is 21.4. The van der Waals surface area contributed by atoms with Crippen molar-refractivity contribution in [3.05, 3.63) is 90.0 Å². The van der Waals surface area contributed by atoms with Crippen LogP contribution in [0.1, 0.15) is 17.2 Å². The molecule has 0 aromatic heterocycles. The maximum atomic E-state index is 13.3. The van der Waals surface area contributed by atoms with Gasteiger partial charge in [0.05, 0.1) is 24.7 Å². The van der Waals surface area contributed by atoms with E-state index in [9.17, 15) is 8.42 Å². The minimum atomic E-state index is -3.58. The topological polar surface area (TPSA) is 65.1 Å². The largest absolute Gasteiger partial charge is 0.493 e. The monoisotopic (exact) mass is 439 g/mol. The van der Waals surface area contributed by atoms with Crippen LogP contribution in [-0.4, -0.2) is 39.5 Å². The van der Waals surface area contributed by atoms with Crippen LogP contribution in [0.3, 0.4) is 0 Å². The molecular weight excluding hydrogens is 414 g/mol. The fourth-order valence-electron chi connectivity index (χ4n) is 3.79. The highest BCUT2D eigenvalue weighted by Crippen LogP contribution is 2.39. The molecule has 3 aromatic rings. The number of benzene rings is 3. The molecule has 1 fully saturated rings. The lowest BCUT2D eigenvalue weighted by Gasteiger charge is -2.24. The summed E-state index contributed by atoms with van der Waals surface area (Å²) in [5, 5.41) is 0.866. The standard InChI is InChI=1S/C24H25NO5S/c1-25-24(23(17-30-25)31(26,27)20-11-7-4-8-12-20)19-13-14-21(22(15-19)28-2)29-16-18-9-5-3-6-10-18/h3-15,23-24H,16-17H2,1-2H3/t23-,24+/m0/s1. The molecule has 0 spiro atoms. The summed E-state index contributed by atoms with van der Waals surface area (Å²) < 4.78 is 38.0. The average Bonchev–Trinajstić information content (AvgIpc) is 3.21. The third-order valence-corrected chi connectivity index (χ3v) is 7.54. The van der Waals surface area contributed by atoms with E-state index in [-0.39, 0.29) is 6.61 Å². The molecule has 31 heavy (non-hydrogen) atoms. The molecule has 0 bridgehead atoms. The van der Waals surface area contributed by atoms with Crippen LogP contribution in [0.15, 0.2) is 83.8 Å². The third kappa shape index (κ3) is 4.44. The molecule has 7 heteroatoms. The van der Waals surface area contributed by atoms with E-state index in [1.54, 1.807) is 49.6 Å². The van der Waals surface area contributed by atoms with Crippen molar-refractivity contribution in [3.63, 3.8) is 0 Å². The Morgan fingerprint density at radius 2 is 1.65 bits per heavy atom. The highest BCUT2D eigenvalue weighted by Gasteiger charge is 2.44. The maximum Gasteiger partial charge on any atom is 0.185 e. The van der Waals surface area contributed by atoms with Gasteiger partial charge in [0, 0.05) is 7.05 Å². The predicted octanol–water partition coefficient (Wildman–Crippen LogP) is 4.03. The van der Waals surface area contributed by atoms with E-state index in [1.165, 1.54) is 0 Å². The summed E-state index contributed by atoms with van der Waals surface area (Å²) in [6, 6.07) is 23.4. The van der Waals surface area contributed by atoms with E-state index in [1.807, 2.05) is 48.5 Å². The minimum absolute atomic E-state index is 0.0902. The van der Waals surface area contributed by atoms with Crippen LogP contribution in [0.5, 0.6) is 11.5 Å². The smallest absolute Gasteiger partial charge is 0.185 e. The van der Waals surface area contributed by atoms with E-state index in [2.05, 4.69) is 0 Å². The van der Waals surface area contributed by atoms with Crippen LogP contribution in [0.25, 0.3) is 0 Å². The van der Waals surface area contributed by atoms with Crippen LogP contribution in [0.4, 0.5) is 0 Å². The van der Waals surface area contributed by atoms with Crippen LogP contribution in [0.2, 0.25) is 0 Å². The molecule has 0 amide bonds. The molecule has 1 saturated heterocycles. The quantitative estimate of drug-likeness (QED) is 0.554. The predicted molar refractivity (Wildman–Crippen MR) is 118 cm³/mol. The molecule has 4 rings (SSSR count). The molecule has 0 radical (unpaired) electrons. The maximum absolute atomic E-state index is 13.3. The SMILES string of the molecule is COc1cc([C@@H]2[C@@H](S(=O)(=O)c3ccccc3)CON2C)ccc1OCc1ccccc1. The fourth-order valence-corrected chi connectivity index (χ4v) is 5.58. The molecule has 0 unspecified atom stereocenters. The van der Waals surface area contributed by atoms with Crippen LogP contribution >= 0.6 is 0 Å². The Hall–Kier alpha value is -2.87. The van der Waals surface area contributed by atoms with Gasteiger partial charge in [-0.3, -0.25) is 4.84 Å². The lowest BCUT2D eigenvalue weighted by molar-refractivity contribution is -0.110. The highest BCUT2D eigenvalue weighted by molar-refractivity contribution is 7.92. The van der Waals surface area contributed by atoms with Gasteiger partial charge >= 0.3 is 0 Å². The molecule has 3 aromatic carbocycles. The Balaban J connectivity index is 1.61. The summed E-state index contributed by atoms with van der Waals surface area (Å²) in [6.07, 6.45) is 0. The highest BCUT2D eigenvalue weighted by atomic mass is 32.2. The van der Waals surface area contributed by atoms with Gasteiger partial charge in [-0.15, -0.1) is 0 Å². The number of sulfone groups is 1. The summed E-state index contributed by atoms with van der Waals surface area (Å²) >= 11 is 0. The van der Waals surface area contributed by atoms with Crippen molar-refractivity contribution in [3.8, 4) is 11.5 Å². The van der Waals surface area contributed by atoms with Gasteiger partial charge in [0.1, 0.15) is 11.9 Å². The number of ether oxygens (including phenoxy) is 2. The van der Waals surface area contributed by atoms with E-state index in [0.717, 1.165) is 11.1 Å². The van der Waals surface area contributed by atoms with E-state index in [4.69, 9.17) is 14.3 Å². The summed E-state index contributed by atoms with van der Waals surface area (Å²) in [5.41, 5.74) is 1.83. The van der Waals surface area contributed by atoms with Gasteiger partial charge in [0.15, 0.2) is 21.3 Å². The Morgan fingerprint density at radius 3 is 2.32 bits per heavy atom. The van der Waals surface area contributed by atoms with Gasteiger partial charge in [-0.25, -0.2) is 8.42 Å². The molecule has 1 aliphatic heterocycles. The molecular formula is C24H25NO5S. The Labute approximate surface area is 182 Å².